The van der Waals surface area contributed by atoms with Crippen LogP contribution in [0.4, 0.5) is 11.6 Å². The number of hydrogen-bond donors (Lipinski definition) is 2. The Kier molecular flexibility index (Phi) is 5.80. The molecule has 2 aromatic rings. The van der Waals surface area contributed by atoms with E-state index in [4.69, 9.17) is 23.2 Å². The Hall–Kier alpha value is -1.85. The predicted molar refractivity (Wildman–Crippen MR) is 94.6 cm³/mol. The standard InChI is InChI=1S/C16H18Cl2N4O/c1-4-9(2)19-16-20-10(3)7-14(22-16)15(23)21-13-8-11(17)5-6-12(13)18/h5-9H,4H2,1-3H3,(H,21,23)(H,19,20,22). The van der Waals surface area contributed by atoms with E-state index in [1.807, 2.05) is 13.8 Å². The minimum absolute atomic E-state index is 0.218. The van der Waals surface area contributed by atoms with E-state index in [1.54, 1.807) is 24.3 Å². The van der Waals surface area contributed by atoms with Gasteiger partial charge in [-0.25, -0.2) is 9.97 Å². The smallest absolute Gasteiger partial charge is 0.274 e. The molecule has 2 rings (SSSR count). The molecule has 0 bridgehead atoms. The number of amides is 1. The second-order valence-electron chi connectivity index (χ2n) is 5.25. The molecule has 0 spiro atoms. The van der Waals surface area contributed by atoms with E-state index in [9.17, 15) is 4.79 Å². The molecule has 1 amide bonds. The highest BCUT2D eigenvalue weighted by Crippen LogP contribution is 2.25. The quantitative estimate of drug-likeness (QED) is 0.827. The lowest BCUT2D eigenvalue weighted by Gasteiger charge is -2.13. The zero-order valence-corrected chi connectivity index (χ0v) is 14.7. The first-order chi connectivity index (χ1) is 10.9. The first kappa shape index (κ1) is 17.5. The van der Waals surface area contributed by atoms with Gasteiger partial charge in [0.15, 0.2) is 0 Å². The fourth-order valence-electron chi connectivity index (χ4n) is 1.85. The maximum absolute atomic E-state index is 12.4. The number of carbonyl (C=O) groups is 1. The van der Waals surface area contributed by atoms with Crippen molar-refractivity contribution in [3.8, 4) is 0 Å². The van der Waals surface area contributed by atoms with Crippen LogP contribution in [-0.2, 0) is 0 Å². The Balaban J connectivity index is 2.23. The van der Waals surface area contributed by atoms with Crippen molar-refractivity contribution in [3.05, 3.63) is 45.7 Å². The number of nitrogens with zero attached hydrogens (tertiary/aromatic N) is 2. The van der Waals surface area contributed by atoms with E-state index in [1.165, 1.54) is 0 Å². The van der Waals surface area contributed by atoms with Crippen LogP contribution in [0.15, 0.2) is 24.3 Å². The number of rotatable bonds is 5. The molecule has 0 aliphatic heterocycles. The molecule has 1 atom stereocenters. The summed E-state index contributed by atoms with van der Waals surface area (Å²) in [5.74, 6) is 0.0635. The highest BCUT2D eigenvalue weighted by Gasteiger charge is 2.13. The second kappa shape index (κ2) is 7.62. The Morgan fingerprint density at radius 2 is 2.00 bits per heavy atom. The van der Waals surface area contributed by atoms with Crippen molar-refractivity contribution in [2.24, 2.45) is 0 Å². The van der Waals surface area contributed by atoms with Gasteiger partial charge in [-0.3, -0.25) is 4.79 Å². The number of anilines is 2. The van der Waals surface area contributed by atoms with Crippen molar-refractivity contribution < 1.29 is 4.79 Å². The van der Waals surface area contributed by atoms with Crippen LogP contribution in [0.1, 0.15) is 36.5 Å². The fourth-order valence-corrected chi connectivity index (χ4v) is 2.19. The van der Waals surface area contributed by atoms with Crippen LogP contribution in [0, 0.1) is 6.92 Å². The van der Waals surface area contributed by atoms with Crippen LogP contribution >= 0.6 is 23.2 Å². The number of aromatic nitrogens is 2. The van der Waals surface area contributed by atoms with Gasteiger partial charge < -0.3 is 10.6 Å². The Morgan fingerprint density at radius 1 is 1.26 bits per heavy atom. The van der Waals surface area contributed by atoms with Gasteiger partial charge in [-0.1, -0.05) is 30.1 Å². The largest absolute Gasteiger partial charge is 0.352 e. The number of aryl methyl sites for hydroxylation is 1. The number of benzene rings is 1. The molecule has 0 aliphatic carbocycles. The Bertz CT molecular complexity index is 721. The summed E-state index contributed by atoms with van der Waals surface area (Å²) in [6.07, 6.45) is 0.928. The molecule has 2 N–H and O–H groups in total. The third-order valence-electron chi connectivity index (χ3n) is 3.25. The minimum atomic E-state index is -0.369. The fraction of sp³-hybridized carbons (Fsp3) is 0.312. The summed E-state index contributed by atoms with van der Waals surface area (Å²) < 4.78 is 0. The molecular formula is C16H18Cl2N4O. The second-order valence-corrected chi connectivity index (χ2v) is 6.09. The summed E-state index contributed by atoms with van der Waals surface area (Å²) in [4.78, 5) is 21.0. The first-order valence-electron chi connectivity index (χ1n) is 7.27. The average Bonchev–Trinajstić information content (AvgIpc) is 2.50. The molecule has 0 fully saturated rings. The third kappa shape index (κ3) is 4.81. The zero-order chi connectivity index (χ0) is 17.0. The lowest BCUT2D eigenvalue weighted by Crippen LogP contribution is -2.19. The van der Waals surface area contributed by atoms with E-state index < -0.39 is 0 Å². The van der Waals surface area contributed by atoms with Crippen LogP contribution in [0.2, 0.25) is 10.0 Å². The van der Waals surface area contributed by atoms with Crippen LogP contribution in [0.3, 0.4) is 0 Å². The molecule has 0 aliphatic rings. The number of hydrogen-bond acceptors (Lipinski definition) is 4. The van der Waals surface area contributed by atoms with Crippen molar-refractivity contribution in [1.82, 2.24) is 9.97 Å². The van der Waals surface area contributed by atoms with E-state index in [0.717, 1.165) is 6.42 Å². The van der Waals surface area contributed by atoms with Crippen LogP contribution in [0.5, 0.6) is 0 Å². The predicted octanol–water partition coefficient (Wildman–Crippen LogP) is 4.55. The molecule has 1 heterocycles. The maximum atomic E-state index is 12.4. The van der Waals surface area contributed by atoms with Crippen LogP contribution < -0.4 is 10.6 Å². The maximum Gasteiger partial charge on any atom is 0.274 e. The highest BCUT2D eigenvalue weighted by atomic mass is 35.5. The normalized spacial score (nSPS) is 11.9. The van der Waals surface area contributed by atoms with Crippen molar-refractivity contribution >= 4 is 40.7 Å². The molecule has 23 heavy (non-hydrogen) atoms. The van der Waals surface area contributed by atoms with Crippen molar-refractivity contribution in [2.75, 3.05) is 10.6 Å². The molecule has 122 valence electrons. The molecule has 0 saturated heterocycles. The molecule has 1 aromatic carbocycles. The van der Waals surface area contributed by atoms with Gasteiger partial charge in [0.25, 0.3) is 5.91 Å². The summed E-state index contributed by atoms with van der Waals surface area (Å²) >= 11 is 12.0. The van der Waals surface area contributed by atoms with Gasteiger partial charge in [0.1, 0.15) is 5.69 Å². The molecule has 7 heteroatoms. The van der Waals surface area contributed by atoms with Crippen LogP contribution in [-0.4, -0.2) is 21.9 Å². The van der Waals surface area contributed by atoms with Gasteiger partial charge in [-0.05, 0) is 44.5 Å². The van der Waals surface area contributed by atoms with Gasteiger partial charge in [0.05, 0.1) is 10.7 Å². The summed E-state index contributed by atoms with van der Waals surface area (Å²) in [6.45, 7) is 5.89. The van der Waals surface area contributed by atoms with E-state index in [2.05, 4.69) is 27.5 Å². The lowest BCUT2D eigenvalue weighted by molar-refractivity contribution is 0.102. The van der Waals surface area contributed by atoms with Crippen molar-refractivity contribution in [3.63, 3.8) is 0 Å². The monoisotopic (exact) mass is 352 g/mol. The topological polar surface area (TPSA) is 66.9 Å². The van der Waals surface area contributed by atoms with Gasteiger partial charge in [0, 0.05) is 16.8 Å². The summed E-state index contributed by atoms with van der Waals surface area (Å²) in [5.41, 5.74) is 1.41. The van der Waals surface area contributed by atoms with E-state index in [0.29, 0.717) is 27.4 Å². The molecule has 0 radical (unpaired) electrons. The summed E-state index contributed by atoms with van der Waals surface area (Å²) in [5, 5.41) is 6.78. The van der Waals surface area contributed by atoms with Crippen molar-refractivity contribution in [2.45, 2.75) is 33.2 Å². The molecule has 0 saturated carbocycles. The van der Waals surface area contributed by atoms with Gasteiger partial charge >= 0.3 is 0 Å². The van der Waals surface area contributed by atoms with E-state index >= 15 is 0 Å². The molecule has 1 aromatic heterocycles. The lowest BCUT2D eigenvalue weighted by atomic mass is 10.2. The van der Waals surface area contributed by atoms with Gasteiger partial charge in [0.2, 0.25) is 5.95 Å². The number of carbonyl (C=O) groups excluding carboxylic acids is 1. The minimum Gasteiger partial charge on any atom is -0.352 e. The third-order valence-corrected chi connectivity index (χ3v) is 3.82. The van der Waals surface area contributed by atoms with E-state index in [-0.39, 0.29) is 17.6 Å². The Labute approximate surface area is 145 Å². The summed E-state index contributed by atoms with van der Waals surface area (Å²) in [7, 11) is 0. The first-order valence-corrected chi connectivity index (χ1v) is 8.03. The zero-order valence-electron chi connectivity index (χ0n) is 13.2. The highest BCUT2D eigenvalue weighted by molar-refractivity contribution is 6.35. The number of nitrogens with one attached hydrogen (secondary N) is 2. The van der Waals surface area contributed by atoms with Gasteiger partial charge in [-0.2, -0.15) is 0 Å². The Morgan fingerprint density at radius 3 is 2.70 bits per heavy atom. The molecule has 5 nitrogen and oxygen atoms in total. The summed E-state index contributed by atoms with van der Waals surface area (Å²) in [6, 6.07) is 6.71. The average molecular weight is 353 g/mol. The van der Waals surface area contributed by atoms with Crippen molar-refractivity contribution in [1.29, 1.82) is 0 Å². The molecule has 1 unspecified atom stereocenters. The molecular weight excluding hydrogens is 335 g/mol. The van der Waals surface area contributed by atoms with Gasteiger partial charge in [-0.15, -0.1) is 0 Å². The SMILES string of the molecule is CCC(C)Nc1nc(C)cc(C(=O)Nc2cc(Cl)ccc2Cl)n1. The van der Waals surface area contributed by atoms with Crippen LogP contribution in [0.25, 0.3) is 0 Å². The number of halogens is 2.